The Kier molecular flexibility index (Phi) is 5.72. The maximum absolute atomic E-state index is 11.2. The molecule has 2 aliphatic rings. The number of carboxylic acid groups (broad SMARTS) is 1. The first-order valence-corrected chi connectivity index (χ1v) is 9.34. The SMILES string of the molecule is CCc1ncccc1C1CCN(C2CCCN(C(=O)O)CC2)CC1. The first-order chi connectivity index (χ1) is 11.7. The lowest BCUT2D eigenvalue weighted by atomic mass is 9.87. The highest BCUT2D eigenvalue weighted by molar-refractivity contribution is 5.64. The van der Waals surface area contributed by atoms with Crippen LogP contribution in [0.25, 0.3) is 0 Å². The lowest BCUT2D eigenvalue weighted by molar-refractivity contribution is 0.131. The van der Waals surface area contributed by atoms with E-state index >= 15 is 0 Å². The van der Waals surface area contributed by atoms with Crippen LogP contribution in [-0.2, 0) is 6.42 Å². The minimum atomic E-state index is -0.766. The van der Waals surface area contributed by atoms with Crippen molar-refractivity contribution >= 4 is 6.09 Å². The summed E-state index contributed by atoms with van der Waals surface area (Å²) >= 11 is 0. The van der Waals surface area contributed by atoms with Gasteiger partial charge < -0.3 is 14.9 Å². The molecular formula is C19H29N3O2. The van der Waals surface area contributed by atoms with E-state index in [2.05, 4.69) is 28.9 Å². The number of carbonyl (C=O) groups is 1. The molecule has 1 amide bonds. The van der Waals surface area contributed by atoms with Gasteiger partial charge in [-0.2, -0.15) is 0 Å². The van der Waals surface area contributed by atoms with Crippen molar-refractivity contribution in [3.8, 4) is 0 Å². The van der Waals surface area contributed by atoms with E-state index in [0.717, 1.165) is 38.8 Å². The molecule has 132 valence electrons. The quantitative estimate of drug-likeness (QED) is 0.923. The van der Waals surface area contributed by atoms with Crippen molar-refractivity contribution in [3.05, 3.63) is 29.6 Å². The molecule has 2 aliphatic heterocycles. The summed E-state index contributed by atoms with van der Waals surface area (Å²) in [6.07, 6.45) is 7.61. The molecule has 1 N–H and O–H groups in total. The Bertz CT molecular complexity index is 555. The highest BCUT2D eigenvalue weighted by Crippen LogP contribution is 2.32. The van der Waals surface area contributed by atoms with Crippen LogP contribution in [0.3, 0.4) is 0 Å². The number of piperidine rings is 1. The number of likely N-dealkylation sites (tertiary alicyclic amines) is 2. The summed E-state index contributed by atoms with van der Waals surface area (Å²) in [4.78, 5) is 19.9. The van der Waals surface area contributed by atoms with Crippen molar-refractivity contribution in [3.63, 3.8) is 0 Å². The highest BCUT2D eigenvalue weighted by Gasteiger charge is 2.29. The predicted molar refractivity (Wildman–Crippen MR) is 94.4 cm³/mol. The van der Waals surface area contributed by atoms with Crippen LogP contribution in [-0.4, -0.2) is 58.2 Å². The van der Waals surface area contributed by atoms with Crippen LogP contribution in [0.4, 0.5) is 4.79 Å². The first-order valence-electron chi connectivity index (χ1n) is 9.34. The molecule has 0 bridgehead atoms. The number of aryl methyl sites for hydroxylation is 1. The Morgan fingerprint density at radius 1 is 1.21 bits per heavy atom. The van der Waals surface area contributed by atoms with Gasteiger partial charge in [-0.3, -0.25) is 4.98 Å². The van der Waals surface area contributed by atoms with E-state index in [-0.39, 0.29) is 0 Å². The van der Waals surface area contributed by atoms with Crippen LogP contribution < -0.4 is 0 Å². The predicted octanol–water partition coefficient (Wildman–Crippen LogP) is 3.36. The normalized spacial score (nSPS) is 23.9. The van der Waals surface area contributed by atoms with E-state index in [4.69, 9.17) is 0 Å². The zero-order chi connectivity index (χ0) is 16.9. The Balaban J connectivity index is 1.56. The van der Waals surface area contributed by atoms with Gasteiger partial charge in [-0.1, -0.05) is 13.0 Å². The summed E-state index contributed by atoms with van der Waals surface area (Å²) in [5.74, 6) is 0.631. The summed E-state index contributed by atoms with van der Waals surface area (Å²) in [5.41, 5.74) is 2.69. The second-order valence-electron chi connectivity index (χ2n) is 7.06. The van der Waals surface area contributed by atoms with E-state index in [9.17, 15) is 9.90 Å². The average Bonchev–Trinajstić information content (AvgIpc) is 2.88. The van der Waals surface area contributed by atoms with Crippen molar-refractivity contribution < 1.29 is 9.90 Å². The number of nitrogens with zero attached hydrogens (tertiary/aromatic N) is 3. The third-order valence-corrected chi connectivity index (χ3v) is 5.71. The van der Waals surface area contributed by atoms with Crippen molar-refractivity contribution in [2.45, 2.75) is 57.4 Å². The second kappa shape index (κ2) is 7.97. The molecule has 0 aliphatic carbocycles. The Labute approximate surface area is 144 Å². The van der Waals surface area contributed by atoms with E-state index in [0.29, 0.717) is 25.0 Å². The molecule has 24 heavy (non-hydrogen) atoms. The van der Waals surface area contributed by atoms with Crippen molar-refractivity contribution in [2.75, 3.05) is 26.2 Å². The fraction of sp³-hybridized carbons (Fsp3) is 0.684. The molecule has 0 radical (unpaired) electrons. The highest BCUT2D eigenvalue weighted by atomic mass is 16.4. The third-order valence-electron chi connectivity index (χ3n) is 5.71. The molecule has 3 heterocycles. The average molecular weight is 331 g/mol. The number of hydrogen-bond acceptors (Lipinski definition) is 3. The van der Waals surface area contributed by atoms with Gasteiger partial charge >= 0.3 is 6.09 Å². The number of amides is 1. The third kappa shape index (κ3) is 3.89. The summed E-state index contributed by atoms with van der Waals surface area (Å²) in [5, 5.41) is 9.18. The molecule has 3 rings (SSSR count). The first kappa shape index (κ1) is 17.2. The Morgan fingerprint density at radius 3 is 2.71 bits per heavy atom. The minimum Gasteiger partial charge on any atom is -0.465 e. The van der Waals surface area contributed by atoms with Gasteiger partial charge in [0.05, 0.1) is 0 Å². The van der Waals surface area contributed by atoms with Crippen molar-refractivity contribution in [2.24, 2.45) is 0 Å². The van der Waals surface area contributed by atoms with Gasteiger partial charge in [0.15, 0.2) is 0 Å². The summed E-state index contributed by atoms with van der Waals surface area (Å²) in [7, 11) is 0. The molecule has 0 saturated carbocycles. The van der Waals surface area contributed by atoms with Gasteiger partial charge in [0.25, 0.3) is 0 Å². The van der Waals surface area contributed by atoms with E-state index < -0.39 is 6.09 Å². The summed E-state index contributed by atoms with van der Waals surface area (Å²) in [6, 6.07) is 4.87. The lowest BCUT2D eigenvalue weighted by Gasteiger charge is -2.37. The van der Waals surface area contributed by atoms with Gasteiger partial charge in [-0.15, -0.1) is 0 Å². The van der Waals surface area contributed by atoms with Gasteiger partial charge in [-0.05, 0) is 69.2 Å². The molecule has 1 aromatic rings. The second-order valence-corrected chi connectivity index (χ2v) is 7.06. The maximum atomic E-state index is 11.2. The van der Waals surface area contributed by atoms with Crippen LogP contribution in [0.5, 0.6) is 0 Å². The molecule has 0 aromatic carbocycles. The Hall–Kier alpha value is -1.62. The maximum Gasteiger partial charge on any atom is 0.407 e. The fourth-order valence-electron chi connectivity index (χ4n) is 4.33. The lowest BCUT2D eigenvalue weighted by Crippen LogP contribution is -2.41. The summed E-state index contributed by atoms with van der Waals surface area (Å²) < 4.78 is 0. The molecule has 0 spiro atoms. The van der Waals surface area contributed by atoms with Gasteiger partial charge in [0.2, 0.25) is 0 Å². The van der Waals surface area contributed by atoms with Gasteiger partial charge in [0, 0.05) is 31.0 Å². The van der Waals surface area contributed by atoms with Crippen LogP contribution in [0.15, 0.2) is 18.3 Å². The number of hydrogen-bond donors (Lipinski definition) is 1. The monoisotopic (exact) mass is 331 g/mol. The number of pyridine rings is 1. The molecule has 5 nitrogen and oxygen atoms in total. The fourth-order valence-corrected chi connectivity index (χ4v) is 4.33. The number of rotatable bonds is 3. The molecule has 2 fully saturated rings. The topological polar surface area (TPSA) is 56.7 Å². The van der Waals surface area contributed by atoms with E-state index in [1.54, 1.807) is 4.90 Å². The van der Waals surface area contributed by atoms with E-state index in [1.165, 1.54) is 24.1 Å². The van der Waals surface area contributed by atoms with Gasteiger partial charge in [-0.25, -0.2) is 4.79 Å². The molecule has 1 atom stereocenters. The zero-order valence-corrected chi connectivity index (χ0v) is 14.7. The molecule has 1 aromatic heterocycles. The smallest absolute Gasteiger partial charge is 0.407 e. The molecule has 1 unspecified atom stereocenters. The standard InChI is InChI=1S/C19H29N3O2/c1-2-18-17(6-3-10-20-18)15-7-12-21(13-8-15)16-5-4-11-22(14-9-16)19(23)24/h3,6,10,15-16H,2,4-5,7-9,11-14H2,1H3,(H,23,24). The zero-order valence-electron chi connectivity index (χ0n) is 14.7. The van der Waals surface area contributed by atoms with Crippen LogP contribution in [0.2, 0.25) is 0 Å². The van der Waals surface area contributed by atoms with Crippen LogP contribution in [0, 0.1) is 0 Å². The van der Waals surface area contributed by atoms with E-state index in [1.807, 2.05) is 6.20 Å². The van der Waals surface area contributed by atoms with Gasteiger partial charge in [0.1, 0.15) is 0 Å². The largest absolute Gasteiger partial charge is 0.465 e. The van der Waals surface area contributed by atoms with Crippen molar-refractivity contribution in [1.82, 2.24) is 14.8 Å². The Morgan fingerprint density at radius 2 is 2.00 bits per heavy atom. The van der Waals surface area contributed by atoms with Crippen molar-refractivity contribution in [1.29, 1.82) is 0 Å². The molecular weight excluding hydrogens is 302 g/mol. The minimum absolute atomic E-state index is 0.551. The molecule has 2 saturated heterocycles. The number of aromatic nitrogens is 1. The van der Waals surface area contributed by atoms with Crippen LogP contribution >= 0.6 is 0 Å². The summed E-state index contributed by atoms with van der Waals surface area (Å²) in [6.45, 7) is 5.81. The van der Waals surface area contributed by atoms with Crippen LogP contribution in [0.1, 0.15) is 56.2 Å². The molecule has 5 heteroatoms.